The summed E-state index contributed by atoms with van der Waals surface area (Å²) in [5.74, 6) is -0.165. The Hall–Kier alpha value is -0.610. The zero-order valence-corrected chi connectivity index (χ0v) is 12.2. The molecule has 102 valence electrons. The van der Waals surface area contributed by atoms with Crippen molar-refractivity contribution in [3.63, 3.8) is 0 Å². The highest BCUT2D eigenvalue weighted by Gasteiger charge is 2.32. The van der Waals surface area contributed by atoms with Gasteiger partial charge in [-0.05, 0) is 32.4 Å². The van der Waals surface area contributed by atoms with Crippen LogP contribution in [0.25, 0.3) is 0 Å². The zero-order chi connectivity index (χ0) is 13.7. The van der Waals surface area contributed by atoms with E-state index in [1.165, 1.54) is 7.11 Å². The van der Waals surface area contributed by atoms with Gasteiger partial charge in [-0.1, -0.05) is 20.8 Å². The number of carbonyl (C=O) groups is 1. The van der Waals surface area contributed by atoms with E-state index in [1.807, 2.05) is 13.8 Å². The molecule has 2 N–H and O–H groups in total. The van der Waals surface area contributed by atoms with Gasteiger partial charge in [-0.2, -0.15) is 0 Å². The topological polar surface area (TPSA) is 55.6 Å². The Labute approximate surface area is 105 Å². The minimum Gasteiger partial charge on any atom is -0.469 e. The van der Waals surface area contributed by atoms with Crippen LogP contribution < -0.4 is 5.73 Å². The van der Waals surface area contributed by atoms with E-state index in [1.54, 1.807) is 0 Å². The molecule has 0 spiro atoms. The summed E-state index contributed by atoms with van der Waals surface area (Å²) in [5.41, 5.74) is 5.34. The van der Waals surface area contributed by atoms with Crippen molar-refractivity contribution in [3.05, 3.63) is 0 Å². The molecule has 0 unspecified atom stereocenters. The second-order valence-corrected chi connectivity index (χ2v) is 6.05. The summed E-state index contributed by atoms with van der Waals surface area (Å²) in [6, 6.07) is 0. The summed E-state index contributed by atoms with van der Waals surface area (Å²) in [6.07, 6.45) is 0. The molecule has 0 atom stereocenters. The standard InChI is InChI=1S/C13H28N2O2/c1-7-15(9-12(2,3)8-14)10-13(4,5)11(16)17-6/h7-10,14H2,1-6H3. The highest BCUT2D eigenvalue weighted by molar-refractivity contribution is 5.76. The van der Waals surface area contributed by atoms with Crippen LogP contribution in [0.3, 0.4) is 0 Å². The van der Waals surface area contributed by atoms with E-state index in [4.69, 9.17) is 10.5 Å². The van der Waals surface area contributed by atoms with E-state index in [-0.39, 0.29) is 11.4 Å². The van der Waals surface area contributed by atoms with Crippen LogP contribution >= 0.6 is 0 Å². The SMILES string of the molecule is CCN(CC(C)(C)CN)CC(C)(C)C(=O)OC. The molecule has 0 saturated carbocycles. The molecule has 0 rings (SSSR count). The quantitative estimate of drug-likeness (QED) is 0.689. The third-order valence-electron chi connectivity index (χ3n) is 3.01. The largest absolute Gasteiger partial charge is 0.469 e. The summed E-state index contributed by atoms with van der Waals surface area (Å²) in [5, 5.41) is 0. The first kappa shape index (κ1) is 16.4. The normalized spacial score (nSPS) is 12.9. The van der Waals surface area contributed by atoms with Gasteiger partial charge in [0.15, 0.2) is 0 Å². The molecule has 0 aromatic carbocycles. The third-order valence-corrected chi connectivity index (χ3v) is 3.01. The van der Waals surface area contributed by atoms with Crippen LogP contribution in [-0.4, -0.2) is 44.2 Å². The first-order valence-corrected chi connectivity index (χ1v) is 6.19. The van der Waals surface area contributed by atoms with Gasteiger partial charge in [-0.15, -0.1) is 0 Å². The van der Waals surface area contributed by atoms with Gasteiger partial charge in [0, 0.05) is 13.1 Å². The van der Waals surface area contributed by atoms with Crippen molar-refractivity contribution in [1.82, 2.24) is 4.90 Å². The number of methoxy groups -OCH3 is 1. The molecule has 0 fully saturated rings. The van der Waals surface area contributed by atoms with Crippen molar-refractivity contribution in [3.8, 4) is 0 Å². The van der Waals surface area contributed by atoms with Crippen LogP contribution in [-0.2, 0) is 9.53 Å². The van der Waals surface area contributed by atoms with Gasteiger partial charge in [0.25, 0.3) is 0 Å². The van der Waals surface area contributed by atoms with E-state index in [0.717, 1.165) is 13.1 Å². The van der Waals surface area contributed by atoms with Gasteiger partial charge in [0.1, 0.15) is 0 Å². The molecule has 0 aromatic rings. The average Bonchev–Trinajstić information content (AvgIpc) is 2.26. The van der Waals surface area contributed by atoms with E-state index in [0.29, 0.717) is 13.1 Å². The number of hydrogen-bond acceptors (Lipinski definition) is 4. The fraction of sp³-hybridized carbons (Fsp3) is 0.923. The van der Waals surface area contributed by atoms with Gasteiger partial charge in [-0.25, -0.2) is 0 Å². The number of hydrogen-bond donors (Lipinski definition) is 1. The van der Waals surface area contributed by atoms with Crippen LogP contribution in [0.5, 0.6) is 0 Å². The van der Waals surface area contributed by atoms with Crippen LogP contribution in [0.1, 0.15) is 34.6 Å². The Bertz CT molecular complexity index is 250. The Balaban J connectivity index is 4.55. The van der Waals surface area contributed by atoms with Crippen molar-refractivity contribution >= 4 is 5.97 Å². The fourth-order valence-electron chi connectivity index (χ4n) is 1.85. The fourth-order valence-corrected chi connectivity index (χ4v) is 1.85. The second kappa shape index (κ2) is 6.36. The van der Waals surface area contributed by atoms with Crippen molar-refractivity contribution in [2.45, 2.75) is 34.6 Å². The van der Waals surface area contributed by atoms with Crippen molar-refractivity contribution < 1.29 is 9.53 Å². The van der Waals surface area contributed by atoms with Crippen molar-refractivity contribution in [2.75, 3.05) is 33.3 Å². The monoisotopic (exact) mass is 244 g/mol. The van der Waals surface area contributed by atoms with Crippen molar-refractivity contribution in [1.29, 1.82) is 0 Å². The Kier molecular flexibility index (Phi) is 6.13. The lowest BCUT2D eigenvalue weighted by Gasteiger charge is -2.35. The molecule has 0 radical (unpaired) electrons. The van der Waals surface area contributed by atoms with E-state index >= 15 is 0 Å². The van der Waals surface area contributed by atoms with Crippen LogP contribution in [0.2, 0.25) is 0 Å². The summed E-state index contributed by atoms with van der Waals surface area (Å²) >= 11 is 0. The maximum Gasteiger partial charge on any atom is 0.312 e. The smallest absolute Gasteiger partial charge is 0.312 e. The zero-order valence-electron chi connectivity index (χ0n) is 12.2. The maximum absolute atomic E-state index is 11.6. The first-order chi connectivity index (χ1) is 7.68. The highest BCUT2D eigenvalue weighted by Crippen LogP contribution is 2.22. The molecule has 0 aliphatic carbocycles. The van der Waals surface area contributed by atoms with Gasteiger partial charge >= 0.3 is 5.97 Å². The molecule has 0 aliphatic rings. The molecule has 4 nitrogen and oxygen atoms in total. The molecule has 0 saturated heterocycles. The minimum atomic E-state index is -0.477. The molecule has 0 heterocycles. The van der Waals surface area contributed by atoms with E-state index < -0.39 is 5.41 Å². The van der Waals surface area contributed by atoms with Crippen LogP contribution in [0.4, 0.5) is 0 Å². The maximum atomic E-state index is 11.6. The predicted octanol–water partition coefficient (Wildman–Crippen LogP) is 1.49. The Morgan fingerprint density at radius 3 is 2.12 bits per heavy atom. The number of esters is 1. The predicted molar refractivity (Wildman–Crippen MR) is 70.7 cm³/mol. The lowest BCUT2D eigenvalue weighted by molar-refractivity contribution is -0.152. The average molecular weight is 244 g/mol. The summed E-state index contributed by atoms with van der Waals surface area (Å²) in [7, 11) is 1.43. The molecule has 0 amide bonds. The second-order valence-electron chi connectivity index (χ2n) is 6.05. The van der Waals surface area contributed by atoms with Gasteiger partial charge in [0.2, 0.25) is 0 Å². The van der Waals surface area contributed by atoms with Gasteiger partial charge in [0.05, 0.1) is 12.5 Å². The van der Waals surface area contributed by atoms with Gasteiger partial charge in [-0.3, -0.25) is 4.79 Å². The lowest BCUT2D eigenvalue weighted by atomic mass is 9.89. The molecule has 0 bridgehead atoms. The molecule has 4 heteroatoms. The van der Waals surface area contributed by atoms with Crippen LogP contribution in [0.15, 0.2) is 0 Å². The van der Waals surface area contributed by atoms with E-state index in [2.05, 4.69) is 25.7 Å². The van der Waals surface area contributed by atoms with E-state index in [9.17, 15) is 4.79 Å². The molecule has 0 aliphatic heterocycles. The lowest BCUT2D eigenvalue weighted by Crippen LogP contribution is -2.45. The third kappa shape index (κ3) is 5.50. The van der Waals surface area contributed by atoms with Crippen LogP contribution in [0, 0.1) is 10.8 Å². The number of ether oxygens (including phenoxy) is 1. The minimum absolute atomic E-state index is 0.0716. The highest BCUT2D eigenvalue weighted by atomic mass is 16.5. The number of rotatable bonds is 7. The summed E-state index contributed by atoms with van der Waals surface area (Å²) in [6.45, 7) is 13.3. The Morgan fingerprint density at radius 1 is 1.24 bits per heavy atom. The molecule has 17 heavy (non-hydrogen) atoms. The first-order valence-electron chi connectivity index (χ1n) is 6.19. The van der Waals surface area contributed by atoms with Gasteiger partial charge < -0.3 is 15.4 Å². The number of nitrogens with zero attached hydrogens (tertiary/aromatic N) is 1. The summed E-state index contributed by atoms with van der Waals surface area (Å²) < 4.78 is 4.83. The number of nitrogens with two attached hydrogens (primary N) is 1. The molecule has 0 aromatic heterocycles. The van der Waals surface area contributed by atoms with Crippen molar-refractivity contribution in [2.24, 2.45) is 16.6 Å². The Morgan fingerprint density at radius 2 is 1.76 bits per heavy atom. The number of carbonyl (C=O) groups excluding carboxylic acids is 1. The molecular formula is C13H28N2O2. The summed E-state index contributed by atoms with van der Waals surface area (Å²) in [4.78, 5) is 13.9. The molecular weight excluding hydrogens is 216 g/mol.